The van der Waals surface area contributed by atoms with Gasteiger partial charge in [0.1, 0.15) is 11.2 Å². The molecule has 3 aromatic rings. The number of benzene rings is 1. The zero-order valence-electron chi connectivity index (χ0n) is 15.1. The van der Waals surface area contributed by atoms with Crippen LogP contribution in [0.1, 0.15) is 27.5 Å². The SMILES string of the molecule is Cc1ccc2ncc(C(=O)NCC(c3ccccc3)N(C)C)c(=O)n2c1. The number of likely N-dealkylation sites (N-methyl/N-ethyl adjacent to an activating group) is 1. The Morgan fingerprint density at radius 3 is 2.62 bits per heavy atom. The van der Waals surface area contributed by atoms with Crippen LogP contribution in [0.15, 0.2) is 59.7 Å². The molecule has 134 valence electrons. The Labute approximate surface area is 152 Å². The Morgan fingerprint density at radius 2 is 1.92 bits per heavy atom. The molecule has 0 spiro atoms. The third-order valence-corrected chi connectivity index (χ3v) is 4.36. The number of amides is 1. The highest BCUT2D eigenvalue weighted by atomic mass is 16.2. The van der Waals surface area contributed by atoms with Crippen molar-refractivity contribution in [2.75, 3.05) is 20.6 Å². The quantitative estimate of drug-likeness (QED) is 0.765. The van der Waals surface area contributed by atoms with Crippen LogP contribution in [-0.4, -0.2) is 40.8 Å². The maximum Gasteiger partial charge on any atom is 0.270 e. The summed E-state index contributed by atoms with van der Waals surface area (Å²) in [6.45, 7) is 2.28. The van der Waals surface area contributed by atoms with Crippen molar-refractivity contribution in [3.63, 3.8) is 0 Å². The summed E-state index contributed by atoms with van der Waals surface area (Å²) in [7, 11) is 3.91. The predicted molar refractivity (Wildman–Crippen MR) is 101 cm³/mol. The maximum atomic E-state index is 12.6. The molecule has 0 aliphatic heterocycles. The van der Waals surface area contributed by atoms with Gasteiger partial charge in [-0.1, -0.05) is 36.4 Å². The molecule has 2 heterocycles. The number of hydrogen-bond acceptors (Lipinski definition) is 4. The van der Waals surface area contributed by atoms with Gasteiger partial charge in [0.15, 0.2) is 0 Å². The van der Waals surface area contributed by atoms with Gasteiger partial charge >= 0.3 is 0 Å². The Hall–Kier alpha value is -2.99. The van der Waals surface area contributed by atoms with Crippen molar-refractivity contribution in [3.8, 4) is 0 Å². The number of nitrogens with one attached hydrogen (secondary N) is 1. The minimum atomic E-state index is -0.416. The van der Waals surface area contributed by atoms with Crippen LogP contribution >= 0.6 is 0 Å². The molecular weight excluding hydrogens is 328 g/mol. The highest BCUT2D eigenvalue weighted by Crippen LogP contribution is 2.16. The summed E-state index contributed by atoms with van der Waals surface area (Å²) >= 11 is 0. The number of aromatic nitrogens is 2. The number of rotatable bonds is 5. The van der Waals surface area contributed by atoms with Crippen molar-refractivity contribution < 1.29 is 4.79 Å². The summed E-state index contributed by atoms with van der Waals surface area (Å²) < 4.78 is 1.41. The molecule has 6 heteroatoms. The van der Waals surface area contributed by atoms with E-state index in [1.54, 1.807) is 12.3 Å². The molecule has 26 heavy (non-hydrogen) atoms. The lowest BCUT2D eigenvalue weighted by molar-refractivity contribution is 0.0940. The van der Waals surface area contributed by atoms with Crippen molar-refractivity contribution in [3.05, 3.63) is 81.9 Å². The van der Waals surface area contributed by atoms with E-state index in [1.165, 1.54) is 10.6 Å². The zero-order valence-corrected chi connectivity index (χ0v) is 15.1. The molecule has 6 nitrogen and oxygen atoms in total. The number of carbonyl (C=O) groups is 1. The third kappa shape index (κ3) is 3.65. The van der Waals surface area contributed by atoms with Gasteiger partial charge in [-0.3, -0.25) is 14.0 Å². The normalized spacial score (nSPS) is 12.3. The van der Waals surface area contributed by atoms with Crippen molar-refractivity contribution in [2.24, 2.45) is 0 Å². The van der Waals surface area contributed by atoms with E-state index in [0.717, 1.165) is 11.1 Å². The zero-order chi connectivity index (χ0) is 18.7. The van der Waals surface area contributed by atoms with Crippen LogP contribution in [0.25, 0.3) is 5.65 Å². The van der Waals surface area contributed by atoms with Gasteiger partial charge in [-0.2, -0.15) is 0 Å². The van der Waals surface area contributed by atoms with Crippen LogP contribution in [0.4, 0.5) is 0 Å². The molecule has 2 aromatic heterocycles. The van der Waals surface area contributed by atoms with E-state index in [2.05, 4.69) is 10.3 Å². The van der Waals surface area contributed by atoms with Gasteiger partial charge in [-0.15, -0.1) is 0 Å². The molecular formula is C20H22N4O2. The Kier molecular flexibility index (Phi) is 5.14. The molecule has 1 unspecified atom stereocenters. The fourth-order valence-electron chi connectivity index (χ4n) is 2.90. The molecule has 0 saturated carbocycles. The van der Waals surface area contributed by atoms with Crippen molar-refractivity contribution in [2.45, 2.75) is 13.0 Å². The molecule has 0 fully saturated rings. The lowest BCUT2D eigenvalue weighted by Crippen LogP contribution is -2.37. The maximum absolute atomic E-state index is 12.6. The number of nitrogens with zero attached hydrogens (tertiary/aromatic N) is 3. The van der Waals surface area contributed by atoms with Crippen LogP contribution < -0.4 is 10.9 Å². The summed E-state index contributed by atoms with van der Waals surface area (Å²) in [5, 5.41) is 2.87. The highest BCUT2D eigenvalue weighted by molar-refractivity contribution is 5.93. The van der Waals surface area contributed by atoms with Crippen LogP contribution in [0.5, 0.6) is 0 Å². The van der Waals surface area contributed by atoms with E-state index < -0.39 is 5.91 Å². The predicted octanol–water partition coefficient (Wildman–Crippen LogP) is 2.04. The van der Waals surface area contributed by atoms with E-state index in [9.17, 15) is 9.59 Å². The molecule has 1 amide bonds. The summed E-state index contributed by atoms with van der Waals surface area (Å²) in [6, 6.07) is 13.6. The second kappa shape index (κ2) is 7.49. The number of hydrogen-bond donors (Lipinski definition) is 1. The lowest BCUT2D eigenvalue weighted by atomic mass is 10.1. The summed E-state index contributed by atoms with van der Waals surface area (Å²) in [5.74, 6) is -0.416. The fraction of sp³-hybridized carbons (Fsp3) is 0.250. The first-order valence-corrected chi connectivity index (χ1v) is 8.45. The molecule has 1 aromatic carbocycles. The second-order valence-electron chi connectivity index (χ2n) is 6.51. The minimum Gasteiger partial charge on any atom is -0.350 e. The number of fused-ring (bicyclic) bond motifs is 1. The van der Waals surface area contributed by atoms with Gasteiger partial charge in [0.25, 0.3) is 11.5 Å². The molecule has 0 aliphatic rings. The standard InChI is InChI=1S/C20H22N4O2/c1-14-9-10-18-21-11-16(20(26)24(18)13-14)19(25)22-12-17(23(2)3)15-7-5-4-6-8-15/h4-11,13,17H,12H2,1-3H3,(H,22,25). The first-order valence-electron chi connectivity index (χ1n) is 8.45. The van der Waals surface area contributed by atoms with E-state index in [1.807, 2.05) is 62.3 Å². The van der Waals surface area contributed by atoms with E-state index in [-0.39, 0.29) is 17.2 Å². The summed E-state index contributed by atoms with van der Waals surface area (Å²) in [5.41, 5.74) is 2.22. The van der Waals surface area contributed by atoms with Crippen LogP contribution in [0, 0.1) is 6.92 Å². The van der Waals surface area contributed by atoms with Gasteiger partial charge in [-0.05, 0) is 38.2 Å². The van der Waals surface area contributed by atoms with Crippen LogP contribution in [0.3, 0.4) is 0 Å². The third-order valence-electron chi connectivity index (χ3n) is 4.36. The Morgan fingerprint density at radius 1 is 1.19 bits per heavy atom. The summed E-state index contributed by atoms with van der Waals surface area (Å²) in [4.78, 5) is 31.4. The van der Waals surface area contributed by atoms with Gasteiger partial charge in [-0.25, -0.2) is 4.98 Å². The van der Waals surface area contributed by atoms with Crippen LogP contribution in [0.2, 0.25) is 0 Å². The van der Waals surface area contributed by atoms with Crippen LogP contribution in [-0.2, 0) is 0 Å². The molecule has 1 atom stereocenters. The van der Waals surface area contributed by atoms with E-state index in [4.69, 9.17) is 0 Å². The number of carbonyl (C=O) groups excluding carboxylic acids is 1. The van der Waals surface area contributed by atoms with E-state index in [0.29, 0.717) is 12.2 Å². The topological polar surface area (TPSA) is 66.7 Å². The largest absolute Gasteiger partial charge is 0.350 e. The number of aryl methyl sites for hydroxylation is 1. The molecule has 1 N–H and O–H groups in total. The molecule has 0 bridgehead atoms. The van der Waals surface area contributed by atoms with Gasteiger partial charge in [0.05, 0.1) is 6.04 Å². The average Bonchev–Trinajstić information content (AvgIpc) is 2.63. The first kappa shape index (κ1) is 17.8. The molecule has 0 radical (unpaired) electrons. The van der Waals surface area contributed by atoms with Gasteiger partial charge < -0.3 is 10.2 Å². The van der Waals surface area contributed by atoms with E-state index >= 15 is 0 Å². The monoisotopic (exact) mass is 350 g/mol. The first-order chi connectivity index (χ1) is 12.5. The van der Waals surface area contributed by atoms with Gasteiger partial charge in [0.2, 0.25) is 0 Å². The smallest absolute Gasteiger partial charge is 0.270 e. The molecule has 0 aliphatic carbocycles. The lowest BCUT2D eigenvalue weighted by Gasteiger charge is -2.25. The second-order valence-corrected chi connectivity index (χ2v) is 6.51. The van der Waals surface area contributed by atoms with Crippen molar-refractivity contribution in [1.82, 2.24) is 19.6 Å². The Balaban J connectivity index is 1.83. The Bertz CT molecular complexity index is 980. The molecule has 0 saturated heterocycles. The number of pyridine rings is 1. The summed E-state index contributed by atoms with van der Waals surface area (Å²) in [6.07, 6.45) is 3.03. The highest BCUT2D eigenvalue weighted by Gasteiger charge is 2.18. The molecule has 3 rings (SSSR count). The fourth-order valence-corrected chi connectivity index (χ4v) is 2.90. The van der Waals surface area contributed by atoms with Crippen molar-refractivity contribution >= 4 is 11.6 Å². The average molecular weight is 350 g/mol. The van der Waals surface area contributed by atoms with Crippen molar-refractivity contribution in [1.29, 1.82) is 0 Å². The minimum absolute atomic E-state index is 0.0126. The van der Waals surface area contributed by atoms with Gasteiger partial charge in [0, 0.05) is 18.9 Å².